The molecule has 31 heavy (non-hydrogen) atoms. The number of benzene rings is 2. The van der Waals surface area contributed by atoms with Crippen LogP contribution >= 0.6 is 11.6 Å². The van der Waals surface area contributed by atoms with Crippen molar-refractivity contribution in [3.63, 3.8) is 0 Å². The highest BCUT2D eigenvalue weighted by Gasteiger charge is 2.36. The zero-order valence-electron chi connectivity index (χ0n) is 16.8. The molecule has 3 rings (SSSR count). The third kappa shape index (κ3) is 5.49. The molecule has 0 aliphatic carbocycles. The standard InChI is InChI=1S/C22H19ClN2O6/c1-13(2)31-19(26)12-30-17-9-3-14(4-10-17)11-18-20(27)24-22(29)25(21(18)28)16-7-5-15(23)6-8-16/h3-11,13H,12H2,1-2H3,(H,24,27,29)/b18-11+. The number of urea groups is 1. The first kappa shape index (κ1) is 22.0. The quantitative estimate of drug-likeness (QED) is 0.418. The number of hydrogen-bond donors (Lipinski definition) is 1. The lowest BCUT2D eigenvalue weighted by Gasteiger charge is -2.26. The van der Waals surface area contributed by atoms with Crippen LogP contribution in [0.5, 0.6) is 5.75 Å². The summed E-state index contributed by atoms with van der Waals surface area (Å²) in [6.45, 7) is 3.24. The van der Waals surface area contributed by atoms with Crippen LogP contribution in [0, 0.1) is 0 Å². The van der Waals surface area contributed by atoms with Gasteiger partial charge in [-0.2, -0.15) is 0 Å². The fourth-order valence-electron chi connectivity index (χ4n) is 2.75. The molecule has 2 aromatic carbocycles. The van der Waals surface area contributed by atoms with E-state index in [9.17, 15) is 19.2 Å². The molecule has 1 N–H and O–H groups in total. The van der Waals surface area contributed by atoms with Crippen molar-refractivity contribution in [2.24, 2.45) is 0 Å². The van der Waals surface area contributed by atoms with Crippen molar-refractivity contribution < 1.29 is 28.7 Å². The highest BCUT2D eigenvalue weighted by atomic mass is 35.5. The van der Waals surface area contributed by atoms with E-state index in [-0.39, 0.29) is 24.0 Å². The monoisotopic (exact) mass is 442 g/mol. The van der Waals surface area contributed by atoms with Crippen molar-refractivity contribution in [1.82, 2.24) is 5.32 Å². The largest absolute Gasteiger partial charge is 0.482 e. The van der Waals surface area contributed by atoms with Crippen molar-refractivity contribution in [2.45, 2.75) is 20.0 Å². The molecule has 1 aliphatic rings. The zero-order chi connectivity index (χ0) is 22.5. The molecule has 0 aromatic heterocycles. The number of carbonyl (C=O) groups excluding carboxylic acids is 4. The maximum absolute atomic E-state index is 12.8. The second kappa shape index (κ2) is 9.44. The molecule has 160 valence electrons. The number of esters is 1. The Labute approximate surface area is 183 Å². The molecule has 4 amide bonds. The first-order valence-corrected chi connectivity index (χ1v) is 9.72. The third-order valence-electron chi connectivity index (χ3n) is 4.10. The molecule has 1 saturated heterocycles. The van der Waals surface area contributed by atoms with Gasteiger partial charge in [0.15, 0.2) is 6.61 Å². The fourth-order valence-corrected chi connectivity index (χ4v) is 2.87. The van der Waals surface area contributed by atoms with Crippen LogP contribution < -0.4 is 15.0 Å². The SMILES string of the molecule is CC(C)OC(=O)COc1ccc(/C=C2\C(=O)NC(=O)N(c3ccc(Cl)cc3)C2=O)cc1. The van der Waals surface area contributed by atoms with Gasteiger partial charge in [-0.05, 0) is 61.9 Å². The third-order valence-corrected chi connectivity index (χ3v) is 4.35. The van der Waals surface area contributed by atoms with Crippen molar-refractivity contribution in [2.75, 3.05) is 11.5 Å². The van der Waals surface area contributed by atoms with Gasteiger partial charge in [0.1, 0.15) is 11.3 Å². The maximum Gasteiger partial charge on any atom is 0.344 e. The van der Waals surface area contributed by atoms with E-state index in [4.69, 9.17) is 21.1 Å². The maximum atomic E-state index is 12.8. The van der Waals surface area contributed by atoms with E-state index in [1.165, 1.54) is 30.3 Å². The van der Waals surface area contributed by atoms with Crippen molar-refractivity contribution >= 4 is 47.2 Å². The van der Waals surface area contributed by atoms with E-state index in [1.54, 1.807) is 38.1 Å². The number of ether oxygens (including phenoxy) is 2. The Bertz CT molecular complexity index is 1040. The van der Waals surface area contributed by atoms with Crippen molar-refractivity contribution in [1.29, 1.82) is 0 Å². The van der Waals surface area contributed by atoms with Crippen LogP contribution in [0.1, 0.15) is 19.4 Å². The number of carbonyl (C=O) groups is 4. The lowest BCUT2D eigenvalue weighted by Crippen LogP contribution is -2.54. The van der Waals surface area contributed by atoms with Gasteiger partial charge in [-0.3, -0.25) is 14.9 Å². The molecule has 0 spiro atoms. The predicted octanol–water partition coefficient (Wildman–Crippen LogP) is 3.34. The second-order valence-electron chi connectivity index (χ2n) is 6.83. The topological polar surface area (TPSA) is 102 Å². The Hall–Kier alpha value is -3.65. The second-order valence-corrected chi connectivity index (χ2v) is 7.27. The lowest BCUT2D eigenvalue weighted by atomic mass is 10.1. The molecule has 0 unspecified atom stereocenters. The van der Waals surface area contributed by atoms with Gasteiger partial charge in [-0.25, -0.2) is 14.5 Å². The van der Waals surface area contributed by atoms with E-state index in [2.05, 4.69) is 5.32 Å². The highest BCUT2D eigenvalue weighted by molar-refractivity contribution is 6.39. The minimum atomic E-state index is -0.841. The number of halogens is 1. The molecule has 1 aliphatic heterocycles. The molecule has 2 aromatic rings. The van der Waals surface area contributed by atoms with Gasteiger partial charge < -0.3 is 9.47 Å². The number of imide groups is 2. The highest BCUT2D eigenvalue weighted by Crippen LogP contribution is 2.24. The van der Waals surface area contributed by atoms with Gasteiger partial charge in [-0.15, -0.1) is 0 Å². The van der Waals surface area contributed by atoms with Crippen LogP contribution in [-0.2, 0) is 19.1 Å². The van der Waals surface area contributed by atoms with Crippen LogP contribution in [0.25, 0.3) is 6.08 Å². The fraction of sp³-hybridized carbons (Fsp3) is 0.182. The number of hydrogen-bond acceptors (Lipinski definition) is 6. The summed E-state index contributed by atoms with van der Waals surface area (Å²) in [5.41, 5.74) is 0.604. The van der Waals surface area contributed by atoms with Crippen molar-refractivity contribution in [3.8, 4) is 5.75 Å². The summed E-state index contributed by atoms with van der Waals surface area (Å²) in [4.78, 5) is 49.7. The van der Waals surface area contributed by atoms with E-state index in [0.29, 0.717) is 16.3 Å². The lowest BCUT2D eigenvalue weighted by molar-refractivity contribution is -0.149. The van der Waals surface area contributed by atoms with Crippen LogP contribution in [0.4, 0.5) is 10.5 Å². The Balaban J connectivity index is 1.76. The summed E-state index contributed by atoms with van der Waals surface area (Å²) >= 11 is 5.85. The van der Waals surface area contributed by atoms with Gasteiger partial charge in [0.05, 0.1) is 11.8 Å². The summed E-state index contributed by atoms with van der Waals surface area (Å²) < 4.78 is 10.3. The number of nitrogens with zero attached hydrogens (tertiary/aromatic N) is 1. The van der Waals surface area contributed by atoms with Crippen LogP contribution in [0.3, 0.4) is 0 Å². The average Bonchev–Trinajstić information content (AvgIpc) is 2.71. The summed E-state index contributed by atoms with van der Waals surface area (Å²) in [7, 11) is 0. The van der Waals surface area contributed by atoms with E-state index >= 15 is 0 Å². The van der Waals surface area contributed by atoms with Gasteiger partial charge >= 0.3 is 12.0 Å². The van der Waals surface area contributed by atoms with E-state index in [1.807, 2.05) is 0 Å². The number of barbiturate groups is 1. The minimum Gasteiger partial charge on any atom is -0.482 e. The Morgan fingerprint density at radius 3 is 2.32 bits per heavy atom. The predicted molar refractivity (Wildman–Crippen MR) is 114 cm³/mol. The van der Waals surface area contributed by atoms with E-state index < -0.39 is 23.8 Å². The number of amides is 4. The normalized spacial score (nSPS) is 15.3. The molecule has 0 atom stereocenters. The molecular weight excluding hydrogens is 424 g/mol. The average molecular weight is 443 g/mol. The van der Waals surface area contributed by atoms with Gasteiger partial charge in [0, 0.05) is 5.02 Å². The van der Waals surface area contributed by atoms with Gasteiger partial charge in [0.2, 0.25) is 0 Å². The smallest absolute Gasteiger partial charge is 0.344 e. The van der Waals surface area contributed by atoms with E-state index in [0.717, 1.165) is 4.90 Å². The van der Waals surface area contributed by atoms with Crippen LogP contribution in [0.2, 0.25) is 5.02 Å². The van der Waals surface area contributed by atoms with Gasteiger partial charge in [0.25, 0.3) is 11.8 Å². The number of anilines is 1. The zero-order valence-corrected chi connectivity index (χ0v) is 17.5. The number of rotatable bonds is 6. The van der Waals surface area contributed by atoms with Crippen molar-refractivity contribution in [3.05, 3.63) is 64.7 Å². The van der Waals surface area contributed by atoms with Crippen LogP contribution in [-0.4, -0.2) is 36.5 Å². The first-order valence-electron chi connectivity index (χ1n) is 9.34. The van der Waals surface area contributed by atoms with Gasteiger partial charge in [-0.1, -0.05) is 23.7 Å². The summed E-state index contributed by atoms with van der Waals surface area (Å²) in [5.74, 6) is -1.62. The summed E-state index contributed by atoms with van der Waals surface area (Å²) in [6, 6.07) is 11.6. The van der Waals surface area contributed by atoms with Crippen LogP contribution in [0.15, 0.2) is 54.1 Å². The molecule has 0 radical (unpaired) electrons. The minimum absolute atomic E-state index is 0.205. The Morgan fingerprint density at radius 2 is 1.71 bits per heavy atom. The summed E-state index contributed by atoms with van der Waals surface area (Å²) in [5, 5.41) is 2.60. The molecular formula is C22H19ClN2O6. The summed E-state index contributed by atoms with van der Waals surface area (Å²) in [6.07, 6.45) is 1.13. The molecule has 1 heterocycles. The molecule has 1 fully saturated rings. The molecule has 9 heteroatoms. The molecule has 0 bridgehead atoms. The first-order chi connectivity index (χ1) is 14.7. The number of nitrogens with one attached hydrogen (secondary N) is 1. The Kier molecular flexibility index (Phi) is 6.71. The molecule has 8 nitrogen and oxygen atoms in total. The Morgan fingerprint density at radius 1 is 1.06 bits per heavy atom. The molecule has 0 saturated carbocycles.